The van der Waals surface area contributed by atoms with Gasteiger partial charge in [0.25, 0.3) is 0 Å². The third-order valence-electron chi connectivity index (χ3n) is 5.43. The normalized spacial score (nSPS) is 28.3. The number of rotatable bonds is 5. The monoisotopic (exact) mass is 348 g/mol. The lowest BCUT2D eigenvalue weighted by Crippen LogP contribution is -2.52. The largest absolute Gasteiger partial charge is 0.373 e. The van der Waals surface area contributed by atoms with Crippen LogP contribution in [0.3, 0.4) is 0 Å². The molecule has 0 aromatic carbocycles. The lowest BCUT2D eigenvalue weighted by atomic mass is 9.99. The first-order valence-electron chi connectivity index (χ1n) is 9.68. The highest BCUT2D eigenvalue weighted by Crippen LogP contribution is 2.21. The zero-order valence-corrected chi connectivity index (χ0v) is 15.9. The van der Waals surface area contributed by atoms with Crippen molar-refractivity contribution in [2.45, 2.75) is 71.2 Å². The minimum Gasteiger partial charge on any atom is -0.373 e. The maximum atomic E-state index is 12.9. The van der Waals surface area contributed by atoms with Gasteiger partial charge in [0.1, 0.15) is 5.82 Å². The third-order valence-corrected chi connectivity index (χ3v) is 5.43. The second kappa shape index (κ2) is 8.32. The molecule has 0 unspecified atom stereocenters. The predicted octanol–water partition coefficient (Wildman–Crippen LogP) is 2.07. The summed E-state index contributed by atoms with van der Waals surface area (Å²) in [6.45, 7) is 10.3. The van der Waals surface area contributed by atoms with E-state index in [2.05, 4.69) is 33.2 Å². The number of piperidine rings is 1. The molecular weight excluding hydrogens is 316 g/mol. The SMILES string of the molecule is Cc1nccn1CC[C@H]1CCCCN1C(=O)CN1C[C@@H](C)O[C@@H](C)C1. The Morgan fingerprint density at radius 3 is 2.72 bits per heavy atom. The summed E-state index contributed by atoms with van der Waals surface area (Å²) in [4.78, 5) is 21.6. The van der Waals surface area contributed by atoms with Crippen LogP contribution in [0.4, 0.5) is 0 Å². The molecule has 1 aromatic rings. The van der Waals surface area contributed by atoms with Crippen LogP contribution >= 0.6 is 0 Å². The van der Waals surface area contributed by atoms with Crippen molar-refractivity contribution in [3.63, 3.8) is 0 Å². The van der Waals surface area contributed by atoms with E-state index in [1.165, 1.54) is 6.42 Å². The van der Waals surface area contributed by atoms with Crippen molar-refractivity contribution in [2.75, 3.05) is 26.2 Å². The lowest BCUT2D eigenvalue weighted by molar-refractivity contribution is -0.139. The Morgan fingerprint density at radius 1 is 1.28 bits per heavy atom. The van der Waals surface area contributed by atoms with Crippen molar-refractivity contribution in [1.29, 1.82) is 0 Å². The topological polar surface area (TPSA) is 50.6 Å². The van der Waals surface area contributed by atoms with Crippen molar-refractivity contribution in [2.24, 2.45) is 0 Å². The molecule has 2 fully saturated rings. The molecule has 1 amide bonds. The number of nitrogens with zero attached hydrogens (tertiary/aromatic N) is 4. The van der Waals surface area contributed by atoms with Gasteiger partial charge >= 0.3 is 0 Å². The number of hydrogen-bond acceptors (Lipinski definition) is 4. The summed E-state index contributed by atoms with van der Waals surface area (Å²) in [6, 6.07) is 0.360. The smallest absolute Gasteiger partial charge is 0.237 e. The van der Waals surface area contributed by atoms with E-state index in [9.17, 15) is 4.79 Å². The van der Waals surface area contributed by atoms with Crippen LogP contribution in [0.25, 0.3) is 0 Å². The van der Waals surface area contributed by atoms with Crippen LogP contribution in [-0.2, 0) is 16.1 Å². The third kappa shape index (κ3) is 4.82. The molecule has 1 aromatic heterocycles. The molecule has 0 bridgehead atoms. The zero-order valence-electron chi connectivity index (χ0n) is 15.9. The van der Waals surface area contributed by atoms with Gasteiger partial charge in [-0.1, -0.05) is 0 Å². The second-order valence-electron chi connectivity index (χ2n) is 7.64. The van der Waals surface area contributed by atoms with Crippen LogP contribution in [0, 0.1) is 6.92 Å². The van der Waals surface area contributed by atoms with E-state index in [1.54, 1.807) is 0 Å². The van der Waals surface area contributed by atoms with Crippen LogP contribution < -0.4 is 0 Å². The molecular formula is C19H32N4O2. The number of hydrogen-bond donors (Lipinski definition) is 0. The minimum atomic E-state index is 0.206. The molecule has 0 saturated carbocycles. The Labute approximate surface area is 151 Å². The summed E-state index contributed by atoms with van der Waals surface area (Å²) in [6.07, 6.45) is 8.77. The number of carbonyl (C=O) groups excluding carboxylic acids is 1. The fourth-order valence-corrected chi connectivity index (χ4v) is 4.25. The van der Waals surface area contributed by atoms with E-state index < -0.39 is 0 Å². The molecule has 2 saturated heterocycles. The van der Waals surface area contributed by atoms with Gasteiger partial charge in [-0.2, -0.15) is 0 Å². The van der Waals surface area contributed by atoms with Crippen LogP contribution in [0.2, 0.25) is 0 Å². The summed E-state index contributed by atoms with van der Waals surface area (Å²) >= 11 is 0. The first kappa shape index (κ1) is 18.4. The van der Waals surface area contributed by atoms with E-state index in [0.29, 0.717) is 12.6 Å². The molecule has 0 radical (unpaired) electrons. The Bertz CT molecular complexity index is 564. The first-order valence-corrected chi connectivity index (χ1v) is 9.68. The highest BCUT2D eigenvalue weighted by Gasteiger charge is 2.30. The van der Waals surface area contributed by atoms with E-state index >= 15 is 0 Å². The van der Waals surface area contributed by atoms with E-state index in [-0.39, 0.29) is 18.1 Å². The molecule has 3 rings (SSSR count). The highest BCUT2D eigenvalue weighted by molar-refractivity contribution is 5.78. The second-order valence-corrected chi connectivity index (χ2v) is 7.64. The molecule has 140 valence electrons. The summed E-state index contributed by atoms with van der Waals surface area (Å²) in [5.41, 5.74) is 0. The number of likely N-dealkylation sites (tertiary alicyclic amines) is 1. The van der Waals surface area contributed by atoms with Crippen molar-refractivity contribution in [1.82, 2.24) is 19.4 Å². The Morgan fingerprint density at radius 2 is 2.04 bits per heavy atom. The molecule has 0 spiro atoms. The number of amides is 1. The van der Waals surface area contributed by atoms with Crippen molar-refractivity contribution in [3.05, 3.63) is 18.2 Å². The van der Waals surface area contributed by atoms with Gasteiger partial charge in [0.05, 0.1) is 18.8 Å². The van der Waals surface area contributed by atoms with Crippen molar-refractivity contribution < 1.29 is 9.53 Å². The average Bonchev–Trinajstić information content (AvgIpc) is 2.97. The number of carbonyl (C=O) groups is 1. The van der Waals surface area contributed by atoms with Gasteiger partial charge in [0.2, 0.25) is 5.91 Å². The number of aromatic nitrogens is 2. The number of imidazole rings is 1. The standard InChI is InChI=1S/C19H32N4O2/c1-15-12-21(13-16(2)25-15)14-19(24)23-9-5-4-6-18(23)7-10-22-11-8-20-17(22)3/h8,11,15-16,18H,4-7,9-10,12-14H2,1-3H3/t15-,16+,18-/m1/s1. The maximum absolute atomic E-state index is 12.9. The maximum Gasteiger partial charge on any atom is 0.237 e. The van der Waals surface area contributed by atoms with Gasteiger partial charge in [0, 0.05) is 44.6 Å². The van der Waals surface area contributed by atoms with Crippen molar-refractivity contribution in [3.8, 4) is 0 Å². The van der Waals surface area contributed by atoms with Gasteiger partial charge in [-0.15, -0.1) is 0 Å². The molecule has 2 aliphatic rings. The van der Waals surface area contributed by atoms with Crippen LogP contribution in [-0.4, -0.2) is 69.7 Å². The molecule has 0 aliphatic carbocycles. The summed E-state index contributed by atoms with van der Waals surface area (Å²) in [5, 5.41) is 0. The van der Waals surface area contributed by atoms with E-state index in [1.807, 2.05) is 19.3 Å². The van der Waals surface area contributed by atoms with Crippen LogP contribution in [0.15, 0.2) is 12.4 Å². The van der Waals surface area contributed by atoms with Gasteiger partial charge in [-0.3, -0.25) is 9.69 Å². The lowest BCUT2D eigenvalue weighted by Gasteiger charge is -2.39. The van der Waals surface area contributed by atoms with E-state index in [0.717, 1.165) is 51.3 Å². The van der Waals surface area contributed by atoms with Gasteiger partial charge in [-0.05, 0) is 46.5 Å². The van der Waals surface area contributed by atoms with Crippen LogP contribution in [0.5, 0.6) is 0 Å². The summed E-state index contributed by atoms with van der Waals surface area (Å²) < 4.78 is 7.96. The Balaban J connectivity index is 1.56. The molecule has 6 nitrogen and oxygen atoms in total. The first-order chi connectivity index (χ1) is 12.0. The molecule has 2 aliphatic heterocycles. The molecule has 0 N–H and O–H groups in total. The number of morpholine rings is 1. The quantitative estimate of drug-likeness (QED) is 0.817. The van der Waals surface area contributed by atoms with Gasteiger partial charge in [0.15, 0.2) is 0 Å². The molecule has 6 heteroatoms. The van der Waals surface area contributed by atoms with E-state index in [4.69, 9.17) is 4.74 Å². The fourth-order valence-electron chi connectivity index (χ4n) is 4.25. The Hall–Kier alpha value is -1.40. The number of ether oxygens (including phenoxy) is 1. The predicted molar refractivity (Wildman–Crippen MR) is 97.4 cm³/mol. The average molecular weight is 348 g/mol. The Kier molecular flexibility index (Phi) is 6.12. The van der Waals surface area contributed by atoms with Crippen LogP contribution in [0.1, 0.15) is 45.4 Å². The minimum absolute atomic E-state index is 0.206. The highest BCUT2D eigenvalue weighted by atomic mass is 16.5. The summed E-state index contributed by atoms with van der Waals surface area (Å²) in [5.74, 6) is 1.33. The zero-order chi connectivity index (χ0) is 17.8. The fraction of sp³-hybridized carbons (Fsp3) is 0.789. The van der Waals surface area contributed by atoms with Crippen molar-refractivity contribution >= 4 is 5.91 Å². The summed E-state index contributed by atoms with van der Waals surface area (Å²) in [7, 11) is 0. The van der Waals surface area contributed by atoms with Gasteiger partial charge in [-0.25, -0.2) is 4.98 Å². The molecule has 3 heterocycles. The van der Waals surface area contributed by atoms with Gasteiger partial charge < -0.3 is 14.2 Å². The molecule has 3 atom stereocenters. The number of aryl methyl sites for hydroxylation is 2. The molecule has 25 heavy (non-hydrogen) atoms.